The van der Waals surface area contributed by atoms with Crippen LogP contribution in [0.25, 0.3) is 6.08 Å². The normalized spacial score (nSPS) is 12.2. The number of carboxylic acids is 1. The topological polar surface area (TPSA) is 66.8 Å². The number of benzene rings is 1. The molecule has 108 valence electrons. The Balaban J connectivity index is 3.04. The fourth-order valence-electron chi connectivity index (χ4n) is 1.53. The average molecular weight is 342 g/mol. The van der Waals surface area contributed by atoms with E-state index in [9.17, 15) is 9.59 Å². The molecule has 0 fully saturated rings. The number of carbonyl (C=O) groups is 2. The first kappa shape index (κ1) is 16.2. The number of hydrogen-bond donors (Lipinski definition) is 1. The molecular formula is C14H16BrNO4. The Morgan fingerprint density at radius 1 is 1.40 bits per heavy atom. The van der Waals surface area contributed by atoms with Crippen LogP contribution in [-0.2, 0) is 9.59 Å². The number of hydrogen-bond acceptors (Lipinski definition) is 3. The number of ether oxygens (including phenoxy) is 1. The van der Waals surface area contributed by atoms with Gasteiger partial charge in [0.2, 0.25) is 0 Å². The summed E-state index contributed by atoms with van der Waals surface area (Å²) in [5.74, 6) is -0.782. The Morgan fingerprint density at radius 2 is 2.05 bits per heavy atom. The molecule has 0 bridgehead atoms. The van der Waals surface area contributed by atoms with Gasteiger partial charge < -0.3 is 14.7 Å². The van der Waals surface area contributed by atoms with Gasteiger partial charge in [-0.3, -0.25) is 4.79 Å². The maximum atomic E-state index is 11.8. The van der Waals surface area contributed by atoms with Gasteiger partial charge in [-0.15, -0.1) is 0 Å². The third-order valence-electron chi connectivity index (χ3n) is 2.49. The molecule has 5 nitrogen and oxygen atoms in total. The molecule has 1 rings (SSSR count). The second-order valence-corrected chi connectivity index (χ2v) is 5.18. The van der Waals surface area contributed by atoms with Crippen molar-refractivity contribution in [1.82, 2.24) is 4.90 Å². The van der Waals surface area contributed by atoms with Gasteiger partial charge in [0, 0.05) is 25.7 Å². The van der Waals surface area contributed by atoms with E-state index >= 15 is 0 Å². The first-order valence-corrected chi connectivity index (χ1v) is 6.69. The molecule has 0 radical (unpaired) electrons. The van der Waals surface area contributed by atoms with E-state index in [0.717, 1.165) is 6.08 Å². The largest absolute Gasteiger partial charge is 0.479 e. The lowest BCUT2D eigenvalue weighted by Gasteiger charge is -2.20. The van der Waals surface area contributed by atoms with Crippen molar-refractivity contribution < 1.29 is 19.4 Å². The average Bonchev–Trinajstić information content (AvgIpc) is 2.38. The van der Waals surface area contributed by atoms with Gasteiger partial charge >= 0.3 is 5.97 Å². The number of nitrogens with zero attached hydrogens (tertiary/aromatic N) is 1. The van der Waals surface area contributed by atoms with E-state index in [1.807, 2.05) is 0 Å². The molecule has 1 N–H and O–H groups in total. The molecule has 1 atom stereocenters. The van der Waals surface area contributed by atoms with Gasteiger partial charge in [0.25, 0.3) is 5.91 Å². The summed E-state index contributed by atoms with van der Waals surface area (Å²) >= 11 is 3.34. The molecular weight excluding hydrogens is 326 g/mol. The molecule has 0 aliphatic carbocycles. The SMILES string of the molecule is CC(Oc1c(Br)cccc1C=CC(=O)O)C(=O)N(C)C. The van der Waals surface area contributed by atoms with Crippen LogP contribution in [0.2, 0.25) is 0 Å². The second-order valence-electron chi connectivity index (χ2n) is 4.32. The fraction of sp³-hybridized carbons (Fsp3) is 0.286. The molecule has 1 aromatic carbocycles. The molecule has 0 aliphatic rings. The van der Waals surface area contributed by atoms with Crippen LogP contribution in [-0.4, -0.2) is 42.1 Å². The van der Waals surface area contributed by atoms with E-state index in [-0.39, 0.29) is 5.91 Å². The Bertz CT molecular complexity index is 540. The predicted octanol–water partition coefficient (Wildman–Crippen LogP) is 2.40. The molecule has 0 saturated heterocycles. The molecule has 0 saturated carbocycles. The van der Waals surface area contributed by atoms with Gasteiger partial charge in [0.15, 0.2) is 6.10 Å². The monoisotopic (exact) mass is 341 g/mol. The van der Waals surface area contributed by atoms with Crippen molar-refractivity contribution in [3.63, 3.8) is 0 Å². The number of aliphatic carboxylic acids is 1. The van der Waals surface area contributed by atoms with Crippen molar-refractivity contribution in [1.29, 1.82) is 0 Å². The highest BCUT2D eigenvalue weighted by molar-refractivity contribution is 9.10. The first-order valence-electron chi connectivity index (χ1n) is 5.90. The summed E-state index contributed by atoms with van der Waals surface area (Å²) < 4.78 is 6.31. The third-order valence-corrected chi connectivity index (χ3v) is 3.11. The molecule has 1 amide bonds. The maximum absolute atomic E-state index is 11.8. The van der Waals surface area contributed by atoms with Crippen molar-refractivity contribution >= 4 is 33.9 Å². The quantitative estimate of drug-likeness (QED) is 0.835. The summed E-state index contributed by atoms with van der Waals surface area (Å²) in [5.41, 5.74) is 0.584. The molecule has 0 spiro atoms. The zero-order valence-corrected chi connectivity index (χ0v) is 13.0. The lowest BCUT2D eigenvalue weighted by molar-refractivity contribution is -0.135. The highest BCUT2D eigenvalue weighted by Crippen LogP contribution is 2.31. The molecule has 1 unspecified atom stereocenters. The second kappa shape index (κ2) is 7.09. The van der Waals surface area contributed by atoms with Gasteiger partial charge in [0.1, 0.15) is 5.75 Å². The van der Waals surface area contributed by atoms with Crippen LogP contribution in [0.5, 0.6) is 5.75 Å². The van der Waals surface area contributed by atoms with Crippen LogP contribution in [0, 0.1) is 0 Å². The van der Waals surface area contributed by atoms with Gasteiger partial charge in [-0.25, -0.2) is 4.79 Å². The Morgan fingerprint density at radius 3 is 2.60 bits per heavy atom. The van der Waals surface area contributed by atoms with E-state index in [0.29, 0.717) is 15.8 Å². The summed E-state index contributed by atoms with van der Waals surface area (Å²) in [6, 6.07) is 5.24. The smallest absolute Gasteiger partial charge is 0.328 e. The molecule has 0 aromatic heterocycles. The van der Waals surface area contributed by atoms with Crippen LogP contribution in [0.15, 0.2) is 28.7 Å². The van der Waals surface area contributed by atoms with Crippen LogP contribution >= 0.6 is 15.9 Å². The minimum Gasteiger partial charge on any atom is -0.479 e. The summed E-state index contributed by atoms with van der Waals surface area (Å²) in [6.45, 7) is 1.65. The van der Waals surface area contributed by atoms with Gasteiger partial charge in [-0.2, -0.15) is 0 Å². The predicted molar refractivity (Wildman–Crippen MR) is 79.6 cm³/mol. The minimum absolute atomic E-state index is 0.172. The summed E-state index contributed by atoms with van der Waals surface area (Å²) in [4.78, 5) is 23.8. The van der Waals surface area contributed by atoms with Crippen LogP contribution in [0.1, 0.15) is 12.5 Å². The van der Waals surface area contributed by atoms with E-state index in [1.54, 1.807) is 39.2 Å². The summed E-state index contributed by atoms with van der Waals surface area (Å²) in [6.07, 6.45) is 1.78. The lowest BCUT2D eigenvalue weighted by atomic mass is 10.2. The highest BCUT2D eigenvalue weighted by atomic mass is 79.9. The number of rotatable bonds is 5. The Kier molecular flexibility index (Phi) is 5.76. The van der Waals surface area contributed by atoms with Crippen molar-refractivity contribution in [2.75, 3.05) is 14.1 Å². The number of amides is 1. The molecule has 0 heterocycles. The molecule has 1 aromatic rings. The van der Waals surface area contributed by atoms with E-state index in [2.05, 4.69) is 15.9 Å². The van der Waals surface area contributed by atoms with Gasteiger partial charge in [-0.1, -0.05) is 12.1 Å². The minimum atomic E-state index is -1.05. The Hall–Kier alpha value is -1.82. The Labute approximate surface area is 126 Å². The number of para-hydroxylation sites is 1. The fourth-order valence-corrected chi connectivity index (χ4v) is 2.01. The van der Waals surface area contributed by atoms with Crippen molar-refractivity contribution in [2.24, 2.45) is 0 Å². The van der Waals surface area contributed by atoms with E-state index in [4.69, 9.17) is 9.84 Å². The highest BCUT2D eigenvalue weighted by Gasteiger charge is 2.19. The van der Waals surface area contributed by atoms with Crippen molar-refractivity contribution in [3.05, 3.63) is 34.3 Å². The maximum Gasteiger partial charge on any atom is 0.328 e. The zero-order chi connectivity index (χ0) is 15.3. The molecule has 6 heteroatoms. The van der Waals surface area contributed by atoms with Crippen molar-refractivity contribution in [2.45, 2.75) is 13.0 Å². The van der Waals surface area contributed by atoms with Crippen molar-refractivity contribution in [3.8, 4) is 5.75 Å². The zero-order valence-electron chi connectivity index (χ0n) is 11.5. The standard InChI is InChI=1S/C14H16BrNO4/c1-9(14(19)16(2)3)20-13-10(7-8-12(17)18)5-4-6-11(13)15/h4-9H,1-3H3,(H,17,18). The summed E-state index contributed by atoms with van der Waals surface area (Å²) in [5, 5.41) is 8.68. The lowest BCUT2D eigenvalue weighted by Crippen LogP contribution is -2.35. The number of halogens is 1. The number of likely N-dealkylation sites (N-methyl/N-ethyl adjacent to an activating group) is 1. The van der Waals surface area contributed by atoms with Crippen LogP contribution in [0.3, 0.4) is 0 Å². The van der Waals surface area contributed by atoms with E-state index < -0.39 is 12.1 Å². The van der Waals surface area contributed by atoms with Gasteiger partial charge in [0.05, 0.1) is 4.47 Å². The van der Waals surface area contributed by atoms with Crippen LogP contribution < -0.4 is 4.74 Å². The first-order chi connectivity index (χ1) is 9.32. The van der Waals surface area contributed by atoms with Gasteiger partial charge in [-0.05, 0) is 35.0 Å². The molecule has 20 heavy (non-hydrogen) atoms. The third kappa shape index (κ3) is 4.38. The molecule has 0 aliphatic heterocycles. The summed E-state index contributed by atoms with van der Waals surface area (Å²) in [7, 11) is 3.29. The van der Waals surface area contributed by atoms with E-state index in [1.165, 1.54) is 11.0 Å². The number of carbonyl (C=O) groups excluding carboxylic acids is 1. The van der Waals surface area contributed by atoms with Crippen LogP contribution in [0.4, 0.5) is 0 Å². The number of carboxylic acid groups (broad SMARTS) is 1.